The van der Waals surface area contributed by atoms with E-state index in [1.54, 1.807) is 0 Å². The molecule has 122 valence electrons. The summed E-state index contributed by atoms with van der Waals surface area (Å²) in [5, 5.41) is 0. The molecule has 0 aliphatic heterocycles. The highest BCUT2D eigenvalue weighted by molar-refractivity contribution is 8.18. The van der Waals surface area contributed by atoms with Crippen molar-refractivity contribution in [3.05, 3.63) is 96.6 Å². The fourth-order valence-corrected chi connectivity index (χ4v) is 5.35. The molecule has 0 N–H and O–H groups in total. The molecule has 0 saturated carbocycles. The zero-order valence-electron chi connectivity index (χ0n) is 13.9. The van der Waals surface area contributed by atoms with Crippen molar-refractivity contribution in [3.63, 3.8) is 0 Å². The van der Waals surface area contributed by atoms with Crippen LogP contribution in [-0.4, -0.2) is 4.08 Å². The lowest BCUT2D eigenvalue weighted by atomic mass is 10.1. The van der Waals surface area contributed by atoms with E-state index >= 15 is 0 Å². The number of hydrogen-bond donors (Lipinski definition) is 0. The maximum absolute atomic E-state index is 2.37. The number of aryl methyl sites for hydroxylation is 1. The second kappa shape index (κ2) is 8.46. The molecule has 0 unspecified atom stereocenters. The topological polar surface area (TPSA) is 0 Å². The molecule has 24 heavy (non-hydrogen) atoms. The molecule has 0 heterocycles. The van der Waals surface area contributed by atoms with Crippen LogP contribution in [0.5, 0.6) is 0 Å². The van der Waals surface area contributed by atoms with Gasteiger partial charge in [-0.25, -0.2) is 0 Å². The van der Waals surface area contributed by atoms with Crippen LogP contribution in [0.4, 0.5) is 0 Å². The van der Waals surface area contributed by atoms with Gasteiger partial charge in [0.05, 0.1) is 4.08 Å². The highest BCUT2D eigenvalue weighted by Crippen LogP contribution is 2.48. The van der Waals surface area contributed by atoms with Crippen LogP contribution < -0.4 is 0 Å². The summed E-state index contributed by atoms with van der Waals surface area (Å²) in [6.07, 6.45) is 2.22. The fourth-order valence-electron chi connectivity index (χ4n) is 2.61. The Morgan fingerprint density at radius 2 is 1.04 bits per heavy atom. The van der Waals surface area contributed by atoms with E-state index in [1.807, 2.05) is 23.5 Å². The molecule has 0 atom stereocenters. The monoisotopic (exact) mass is 350 g/mol. The van der Waals surface area contributed by atoms with Gasteiger partial charge in [0.15, 0.2) is 0 Å². The van der Waals surface area contributed by atoms with Crippen LogP contribution in [0.1, 0.15) is 18.9 Å². The predicted octanol–water partition coefficient (Wildman–Crippen LogP) is 6.92. The van der Waals surface area contributed by atoms with Crippen LogP contribution in [0.2, 0.25) is 0 Å². The molecule has 0 aliphatic carbocycles. The summed E-state index contributed by atoms with van der Waals surface area (Å²) in [7, 11) is 0. The van der Waals surface area contributed by atoms with E-state index in [2.05, 4.69) is 97.9 Å². The summed E-state index contributed by atoms with van der Waals surface area (Å²) in [5.41, 5.74) is 1.41. The lowest BCUT2D eigenvalue weighted by Crippen LogP contribution is -2.16. The van der Waals surface area contributed by atoms with E-state index in [0.717, 1.165) is 12.8 Å². The van der Waals surface area contributed by atoms with Crippen molar-refractivity contribution in [1.29, 1.82) is 0 Å². The molecule has 0 spiro atoms. The standard InChI is InChI=1S/C22H22S2/c1-22(23-20-13-7-3-8-14-20,24-21-15-9-4-10-16-21)18-17-19-11-5-2-6-12-19/h2-16H,17-18H2,1H3. The summed E-state index contributed by atoms with van der Waals surface area (Å²) in [4.78, 5) is 2.66. The second-order valence-electron chi connectivity index (χ2n) is 5.95. The molecule has 0 aliphatic rings. The van der Waals surface area contributed by atoms with Crippen molar-refractivity contribution in [2.75, 3.05) is 0 Å². The Morgan fingerprint density at radius 1 is 0.625 bits per heavy atom. The summed E-state index contributed by atoms with van der Waals surface area (Å²) in [6, 6.07) is 32.2. The molecular weight excluding hydrogens is 328 g/mol. The molecule has 3 aromatic carbocycles. The van der Waals surface area contributed by atoms with E-state index in [0.29, 0.717) is 0 Å². The van der Waals surface area contributed by atoms with Gasteiger partial charge >= 0.3 is 0 Å². The van der Waals surface area contributed by atoms with Crippen molar-refractivity contribution >= 4 is 23.5 Å². The number of thioether (sulfide) groups is 2. The Kier molecular flexibility index (Phi) is 6.06. The van der Waals surface area contributed by atoms with Crippen LogP contribution in [0.25, 0.3) is 0 Å². The largest absolute Gasteiger partial charge is 0.108 e. The molecule has 0 bridgehead atoms. The summed E-state index contributed by atoms with van der Waals surface area (Å²) in [6.45, 7) is 2.37. The fraction of sp³-hybridized carbons (Fsp3) is 0.182. The number of rotatable bonds is 7. The molecule has 0 fully saturated rings. The highest BCUT2D eigenvalue weighted by atomic mass is 32.2. The van der Waals surface area contributed by atoms with Gasteiger partial charge < -0.3 is 0 Å². The van der Waals surface area contributed by atoms with Gasteiger partial charge in [-0.15, -0.1) is 23.5 Å². The van der Waals surface area contributed by atoms with Crippen molar-refractivity contribution in [1.82, 2.24) is 0 Å². The van der Waals surface area contributed by atoms with Crippen molar-refractivity contribution in [3.8, 4) is 0 Å². The molecule has 3 rings (SSSR count). The van der Waals surface area contributed by atoms with E-state index < -0.39 is 0 Å². The van der Waals surface area contributed by atoms with Gasteiger partial charge in [0.1, 0.15) is 0 Å². The van der Waals surface area contributed by atoms with E-state index in [4.69, 9.17) is 0 Å². The molecule has 0 aromatic heterocycles. The van der Waals surface area contributed by atoms with Gasteiger partial charge in [-0.05, 0) is 49.6 Å². The predicted molar refractivity (Wildman–Crippen MR) is 108 cm³/mol. The van der Waals surface area contributed by atoms with E-state index in [1.165, 1.54) is 15.4 Å². The average molecular weight is 351 g/mol. The van der Waals surface area contributed by atoms with Crippen LogP contribution in [0, 0.1) is 0 Å². The van der Waals surface area contributed by atoms with Crippen LogP contribution in [0.15, 0.2) is 101 Å². The van der Waals surface area contributed by atoms with Crippen LogP contribution in [-0.2, 0) is 6.42 Å². The number of benzene rings is 3. The second-order valence-corrected chi connectivity index (χ2v) is 9.36. The maximum Gasteiger partial charge on any atom is 0.0680 e. The Morgan fingerprint density at radius 3 is 1.50 bits per heavy atom. The number of hydrogen-bond acceptors (Lipinski definition) is 2. The van der Waals surface area contributed by atoms with Gasteiger partial charge in [-0.1, -0.05) is 66.7 Å². The first kappa shape index (κ1) is 17.2. The minimum atomic E-state index is 0.0958. The summed E-state index contributed by atoms with van der Waals surface area (Å²) in [5.74, 6) is 0. The normalized spacial score (nSPS) is 11.4. The highest BCUT2D eigenvalue weighted by Gasteiger charge is 2.27. The van der Waals surface area contributed by atoms with Crippen molar-refractivity contribution in [2.45, 2.75) is 33.6 Å². The Labute approximate surface area is 153 Å². The zero-order chi connectivity index (χ0) is 16.7. The quantitative estimate of drug-likeness (QED) is 0.335. The van der Waals surface area contributed by atoms with Gasteiger partial charge in [0.2, 0.25) is 0 Å². The lowest BCUT2D eigenvalue weighted by Gasteiger charge is -2.29. The minimum Gasteiger partial charge on any atom is -0.108 e. The van der Waals surface area contributed by atoms with E-state index in [9.17, 15) is 0 Å². The molecule has 0 amide bonds. The van der Waals surface area contributed by atoms with E-state index in [-0.39, 0.29) is 4.08 Å². The third-order valence-corrected chi connectivity index (χ3v) is 6.65. The minimum absolute atomic E-state index is 0.0958. The Bertz CT molecular complexity index is 682. The van der Waals surface area contributed by atoms with Crippen molar-refractivity contribution < 1.29 is 0 Å². The molecule has 0 saturated heterocycles. The van der Waals surface area contributed by atoms with Gasteiger partial charge in [-0.3, -0.25) is 0 Å². The first-order chi connectivity index (χ1) is 11.7. The molecule has 0 radical (unpaired) electrons. The molecular formula is C22H22S2. The van der Waals surface area contributed by atoms with Gasteiger partial charge in [0, 0.05) is 9.79 Å². The Hall–Kier alpha value is -1.64. The lowest BCUT2D eigenvalue weighted by molar-refractivity contribution is 0.766. The third kappa shape index (κ3) is 5.19. The molecule has 0 nitrogen and oxygen atoms in total. The Balaban J connectivity index is 1.76. The summed E-state index contributed by atoms with van der Waals surface area (Å²) < 4.78 is 0.0958. The van der Waals surface area contributed by atoms with Gasteiger partial charge in [-0.2, -0.15) is 0 Å². The van der Waals surface area contributed by atoms with Crippen molar-refractivity contribution in [2.24, 2.45) is 0 Å². The van der Waals surface area contributed by atoms with Gasteiger partial charge in [0.25, 0.3) is 0 Å². The molecule has 3 aromatic rings. The molecule has 2 heteroatoms. The first-order valence-electron chi connectivity index (χ1n) is 8.26. The van der Waals surface area contributed by atoms with Crippen LogP contribution in [0.3, 0.4) is 0 Å². The third-order valence-electron chi connectivity index (χ3n) is 3.86. The maximum atomic E-state index is 2.37. The smallest absolute Gasteiger partial charge is 0.0680 e. The zero-order valence-corrected chi connectivity index (χ0v) is 15.5. The summed E-state index contributed by atoms with van der Waals surface area (Å²) >= 11 is 3.94. The first-order valence-corrected chi connectivity index (χ1v) is 9.89. The van der Waals surface area contributed by atoms with Crippen LogP contribution >= 0.6 is 23.5 Å². The SMILES string of the molecule is CC(CCc1ccccc1)(Sc1ccccc1)Sc1ccccc1. The average Bonchev–Trinajstić information content (AvgIpc) is 2.63.